The first-order chi connectivity index (χ1) is 11.0. The lowest BCUT2D eigenvalue weighted by Gasteiger charge is -2.23. The number of benzene rings is 2. The molecule has 1 heterocycles. The summed E-state index contributed by atoms with van der Waals surface area (Å²) in [4.78, 5) is 27.3. The lowest BCUT2D eigenvalue weighted by atomic mass is 10.1. The number of nitrogens with zero attached hydrogens (tertiary/aromatic N) is 2. The fourth-order valence-corrected chi connectivity index (χ4v) is 2.60. The predicted octanol–water partition coefficient (Wildman–Crippen LogP) is 2.65. The van der Waals surface area contributed by atoms with Gasteiger partial charge in [-0.15, -0.1) is 0 Å². The molecule has 0 spiro atoms. The van der Waals surface area contributed by atoms with E-state index < -0.39 is 11.6 Å². The number of amides is 2. The number of halogens is 2. The fourth-order valence-electron chi connectivity index (χ4n) is 2.60. The molecule has 0 N–H and O–H groups in total. The van der Waals surface area contributed by atoms with Crippen molar-refractivity contribution in [2.24, 2.45) is 0 Å². The summed E-state index contributed by atoms with van der Waals surface area (Å²) >= 11 is 0. The molecule has 0 aliphatic carbocycles. The molecule has 0 bridgehead atoms. The Morgan fingerprint density at radius 3 is 2.17 bits per heavy atom. The van der Waals surface area contributed by atoms with Gasteiger partial charge in [0.25, 0.3) is 11.8 Å². The third-order valence-electron chi connectivity index (χ3n) is 3.72. The normalized spacial score (nSPS) is 13.8. The summed E-state index contributed by atoms with van der Waals surface area (Å²) in [7, 11) is 1.66. The Hall–Kier alpha value is -2.60. The molecule has 0 unspecified atom stereocenters. The molecule has 1 aliphatic heterocycles. The summed E-state index contributed by atoms with van der Waals surface area (Å²) in [6.45, 7) is 0.183. The third-order valence-corrected chi connectivity index (χ3v) is 3.72. The minimum absolute atomic E-state index is 0.0309. The highest BCUT2D eigenvalue weighted by molar-refractivity contribution is 6.21. The second-order valence-corrected chi connectivity index (χ2v) is 5.48. The minimum atomic E-state index is -0.654. The molecule has 0 atom stereocenters. The lowest BCUT2D eigenvalue weighted by molar-refractivity contribution is 0.0558. The largest absolute Gasteiger partial charge is 0.284 e. The number of imide groups is 1. The van der Waals surface area contributed by atoms with Gasteiger partial charge in [-0.05, 0) is 25.2 Å². The van der Waals surface area contributed by atoms with Crippen molar-refractivity contribution < 1.29 is 18.4 Å². The monoisotopic (exact) mass is 316 g/mol. The van der Waals surface area contributed by atoms with Gasteiger partial charge in [0.05, 0.1) is 17.8 Å². The van der Waals surface area contributed by atoms with Crippen molar-refractivity contribution in [1.82, 2.24) is 9.80 Å². The second-order valence-electron chi connectivity index (χ2n) is 5.48. The van der Waals surface area contributed by atoms with Crippen molar-refractivity contribution in [3.8, 4) is 0 Å². The van der Waals surface area contributed by atoms with Gasteiger partial charge in [0.15, 0.2) is 0 Å². The van der Waals surface area contributed by atoms with Gasteiger partial charge in [-0.3, -0.25) is 19.4 Å². The highest BCUT2D eigenvalue weighted by Crippen LogP contribution is 2.22. The third kappa shape index (κ3) is 2.85. The molecule has 4 nitrogen and oxygen atoms in total. The van der Waals surface area contributed by atoms with E-state index in [0.717, 1.165) is 11.0 Å². The van der Waals surface area contributed by atoms with Crippen LogP contribution in [0.15, 0.2) is 42.5 Å². The molecule has 2 amide bonds. The fraction of sp³-hybridized carbons (Fsp3) is 0.176. The van der Waals surface area contributed by atoms with Gasteiger partial charge >= 0.3 is 0 Å². The van der Waals surface area contributed by atoms with Crippen molar-refractivity contribution in [3.05, 3.63) is 70.8 Å². The van der Waals surface area contributed by atoms with Gasteiger partial charge in [0.1, 0.15) is 11.6 Å². The zero-order valence-electron chi connectivity index (χ0n) is 12.4. The molecule has 0 fully saturated rings. The smallest absolute Gasteiger partial charge is 0.262 e. The molecule has 0 saturated carbocycles. The van der Waals surface area contributed by atoms with Crippen LogP contribution < -0.4 is 0 Å². The molecule has 0 radical (unpaired) electrons. The van der Waals surface area contributed by atoms with Crippen molar-refractivity contribution in [2.45, 2.75) is 6.54 Å². The quantitative estimate of drug-likeness (QED) is 0.814. The van der Waals surface area contributed by atoms with E-state index in [0.29, 0.717) is 16.7 Å². The average Bonchev–Trinajstić information content (AvgIpc) is 2.76. The molecule has 118 valence electrons. The molecule has 0 aromatic heterocycles. The number of carbonyl (C=O) groups excluding carboxylic acids is 2. The number of fused-ring (bicyclic) bond motifs is 1. The maximum Gasteiger partial charge on any atom is 0.262 e. The zero-order chi connectivity index (χ0) is 16.6. The van der Waals surface area contributed by atoms with Gasteiger partial charge in [0, 0.05) is 18.2 Å². The number of hydrogen-bond donors (Lipinski definition) is 0. The number of hydrogen-bond acceptors (Lipinski definition) is 3. The van der Waals surface area contributed by atoms with E-state index in [-0.39, 0.29) is 25.0 Å². The lowest BCUT2D eigenvalue weighted by Crippen LogP contribution is -2.39. The van der Waals surface area contributed by atoms with Crippen LogP contribution in [0.5, 0.6) is 0 Å². The Bertz CT molecular complexity index is 757. The maximum atomic E-state index is 13.7. The van der Waals surface area contributed by atoms with Crippen LogP contribution >= 0.6 is 0 Å². The zero-order valence-corrected chi connectivity index (χ0v) is 12.4. The van der Waals surface area contributed by atoms with Gasteiger partial charge in [-0.1, -0.05) is 18.2 Å². The highest BCUT2D eigenvalue weighted by atomic mass is 19.1. The van der Waals surface area contributed by atoms with E-state index in [4.69, 9.17) is 0 Å². The number of rotatable bonds is 4. The van der Waals surface area contributed by atoms with E-state index in [2.05, 4.69) is 0 Å². The summed E-state index contributed by atoms with van der Waals surface area (Å²) in [6.07, 6.45) is 0. The molecule has 2 aromatic carbocycles. The molecule has 1 aliphatic rings. The molecule has 23 heavy (non-hydrogen) atoms. The Labute approximate surface area is 131 Å². The van der Waals surface area contributed by atoms with Crippen LogP contribution in [0.1, 0.15) is 26.3 Å². The summed E-state index contributed by atoms with van der Waals surface area (Å²) < 4.78 is 26.6. The van der Waals surface area contributed by atoms with Crippen molar-refractivity contribution >= 4 is 11.8 Å². The van der Waals surface area contributed by atoms with Crippen molar-refractivity contribution in [2.75, 3.05) is 13.7 Å². The van der Waals surface area contributed by atoms with Gasteiger partial charge in [-0.25, -0.2) is 8.78 Å². The van der Waals surface area contributed by atoms with E-state index in [1.54, 1.807) is 36.2 Å². The van der Waals surface area contributed by atoms with E-state index in [1.165, 1.54) is 12.1 Å². The van der Waals surface area contributed by atoms with Gasteiger partial charge in [0.2, 0.25) is 0 Å². The first-order valence-corrected chi connectivity index (χ1v) is 7.05. The molecule has 2 aromatic rings. The van der Waals surface area contributed by atoms with Crippen LogP contribution in [0.25, 0.3) is 0 Å². The van der Waals surface area contributed by atoms with Crippen molar-refractivity contribution in [3.63, 3.8) is 0 Å². The standard InChI is InChI=1S/C17H14F2N2O2/c1-20(9-11-6-7-12(18)8-15(11)19)10-21-16(22)13-4-2-3-5-14(13)17(21)23/h2-8H,9-10H2,1H3. The van der Waals surface area contributed by atoms with Crippen LogP contribution in [0.4, 0.5) is 8.78 Å². The highest BCUT2D eigenvalue weighted by Gasteiger charge is 2.35. The molecule has 3 rings (SSSR count). The molecular weight excluding hydrogens is 302 g/mol. The molecular formula is C17H14F2N2O2. The average molecular weight is 316 g/mol. The maximum absolute atomic E-state index is 13.7. The van der Waals surface area contributed by atoms with Crippen LogP contribution in [0, 0.1) is 11.6 Å². The summed E-state index contributed by atoms with van der Waals surface area (Å²) in [5, 5.41) is 0. The Morgan fingerprint density at radius 1 is 1.00 bits per heavy atom. The second kappa shape index (κ2) is 5.89. The Kier molecular flexibility index (Phi) is 3.92. The van der Waals surface area contributed by atoms with Crippen molar-refractivity contribution in [1.29, 1.82) is 0 Å². The first kappa shape index (κ1) is 15.3. The SMILES string of the molecule is CN(Cc1ccc(F)cc1F)CN1C(=O)c2ccccc2C1=O. The van der Waals surface area contributed by atoms with Gasteiger partial charge < -0.3 is 0 Å². The molecule has 6 heteroatoms. The van der Waals surface area contributed by atoms with E-state index in [1.807, 2.05) is 0 Å². The summed E-state index contributed by atoms with van der Waals surface area (Å²) in [5.41, 5.74) is 1.04. The predicted molar refractivity (Wildman–Crippen MR) is 79.6 cm³/mol. The van der Waals surface area contributed by atoms with Gasteiger partial charge in [-0.2, -0.15) is 0 Å². The van der Waals surface area contributed by atoms with Crippen LogP contribution in [0.2, 0.25) is 0 Å². The van der Waals surface area contributed by atoms with Crippen LogP contribution in [-0.4, -0.2) is 35.3 Å². The molecule has 0 saturated heterocycles. The Morgan fingerprint density at radius 2 is 1.61 bits per heavy atom. The first-order valence-electron chi connectivity index (χ1n) is 7.05. The van der Waals surface area contributed by atoms with Crippen LogP contribution in [-0.2, 0) is 6.54 Å². The summed E-state index contributed by atoms with van der Waals surface area (Å²) in [6, 6.07) is 9.95. The van der Waals surface area contributed by atoms with Crippen LogP contribution in [0.3, 0.4) is 0 Å². The van der Waals surface area contributed by atoms with E-state index in [9.17, 15) is 18.4 Å². The number of carbonyl (C=O) groups is 2. The summed E-state index contributed by atoms with van der Waals surface area (Å²) in [5.74, 6) is -2.03. The van der Waals surface area contributed by atoms with E-state index >= 15 is 0 Å². The Balaban J connectivity index is 1.73. The minimum Gasteiger partial charge on any atom is -0.284 e. The topological polar surface area (TPSA) is 40.6 Å².